The first-order chi connectivity index (χ1) is 11.9. The van der Waals surface area contributed by atoms with Gasteiger partial charge < -0.3 is 15.4 Å². The summed E-state index contributed by atoms with van der Waals surface area (Å²) < 4.78 is 44.0. The molecule has 0 radical (unpaired) electrons. The van der Waals surface area contributed by atoms with Gasteiger partial charge in [0, 0.05) is 16.9 Å². The van der Waals surface area contributed by atoms with Crippen LogP contribution < -0.4 is 15.4 Å². The van der Waals surface area contributed by atoms with Crippen molar-refractivity contribution in [2.75, 3.05) is 20.2 Å². The van der Waals surface area contributed by atoms with Gasteiger partial charge in [-0.25, -0.2) is 4.98 Å². The molecule has 0 aliphatic carbocycles. The Labute approximate surface area is 178 Å². The molecule has 1 aromatic carbocycles. The number of benzene rings is 1. The zero-order valence-corrected chi connectivity index (χ0v) is 18.4. The van der Waals surface area contributed by atoms with Crippen molar-refractivity contribution >= 4 is 57.2 Å². The molecule has 2 N–H and O–H groups in total. The van der Waals surface area contributed by atoms with Gasteiger partial charge in [0.2, 0.25) is 0 Å². The largest absolute Gasteiger partial charge is 0.492 e. The highest BCUT2D eigenvalue weighted by Crippen LogP contribution is 2.29. The number of hydrogen-bond donors (Lipinski definition) is 2. The molecule has 0 bridgehead atoms. The summed E-state index contributed by atoms with van der Waals surface area (Å²) in [6.07, 6.45) is -4.42. The van der Waals surface area contributed by atoms with E-state index in [0.717, 1.165) is 26.9 Å². The highest BCUT2D eigenvalue weighted by atomic mass is 127. The van der Waals surface area contributed by atoms with Crippen molar-refractivity contribution in [2.45, 2.75) is 12.7 Å². The zero-order valence-electron chi connectivity index (χ0n) is 13.6. The van der Waals surface area contributed by atoms with Crippen LogP contribution in [0.2, 0.25) is 0 Å². The van der Waals surface area contributed by atoms with E-state index in [-0.39, 0.29) is 30.5 Å². The van der Waals surface area contributed by atoms with Crippen molar-refractivity contribution in [3.63, 3.8) is 0 Å². The fraction of sp³-hybridized carbons (Fsp3) is 0.333. The molecule has 0 aliphatic rings. The fourth-order valence-electron chi connectivity index (χ4n) is 1.77. The number of ether oxygens (including phenoxy) is 1. The smallest absolute Gasteiger partial charge is 0.434 e. The summed E-state index contributed by atoms with van der Waals surface area (Å²) in [4.78, 5) is 7.55. The molecular weight excluding hydrogens is 548 g/mol. The molecule has 0 saturated carbocycles. The maximum Gasteiger partial charge on any atom is 0.434 e. The van der Waals surface area contributed by atoms with Crippen molar-refractivity contribution in [2.24, 2.45) is 4.99 Å². The Hall–Kier alpha value is -1.08. The second-order valence-electron chi connectivity index (χ2n) is 4.78. The highest BCUT2D eigenvalue weighted by molar-refractivity contribution is 14.0. The number of aromatic nitrogens is 1. The Kier molecular flexibility index (Phi) is 9.64. The molecule has 1 heterocycles. The van der Waals surface area contributed by atoms with E-state index in [2.05, 4.69) is 36.5 Å². The van der Waals surface area contributed by atoms with Gasteiger partial charge in [0.15, 0.2) is 11.7 Å². The Morgan fingerprint density at radius 3 is 2.54 bits per heavy atom. The summed E-state index contributed by atoms with van der Waals surface area (Å²) in [6.45, 7) is 1.06. The number of nitrogens with zero attached hydrogens (tertiary/aromatic N) is 2. The lowest BCUT2D eigenvalue weighted by Gasteiger charge is -2.11. The molecule has 2 aromatic rings. The Balaban J connectivity index is 0.00000338. The van der Waals surface area contributed by atoms with Crippen molar-refractivity contribution in [3.05, 3.63) is 44.8 Å². The van der Waals surface area contributed by atoms with Gasteiger partial charge in [-0.15, -0.1) is 35.3 Å². The molecule has 0 unspecified atom stereocenters. The summed E-state index contributed by atoms with van der Waals surface area (Å²) >= 11 is 4.30. The van der Waals surface area contributed by atoms with E-state index in [4.69, 9.17) is 4.74 Å². The monoisotopic (exact) mass is 564 g/mol. The zero-order chi connectivity index (χ0) is 18.3. The summed E-state index contributed by atoms with van der Waals surface area (Å²) in [5, 5.41) is 7.27. The number of aliphatic imine (C=N–C) groups is 1. The van der Waals surface area contributed by atoms with Crippen molar-refractivity contribution in [1.29, 1.82) is 0 Å². The number of guanidine groups is 1. The van der Waals surface area contributed by atoms with Crippen LogP contribution in [0.1, 0.15) is 10.7 Å². The predicted molar refractivity (Wildman–Crippen MR) is 110 cm³/mol. The van der Waals surface area contributed by atoms with Gasteiger partial charge in [-0.3, -0.25) is 4.99 Å². The third-order valence-electron chi connectivity index (χ3n) is 2.95. The lowest BCUT2D eigenvalue weighted by atomic mass is 10.3. The maximum atomic E-state index is 12.5. The Bertz CT molecular complexity index is 710. The molecule has 144 valence electrons. The number of rotatable bonds is 6. The third-order valence-corrected chi connectivity index (χ3v) is 4.33. The molecule has 0 spiro atoms. The Morgan fingerprint density at radius 2 is 1.96 bits per heavy atom. The standard InChI is InChI=1S/C15H16BrF3N4OS.HI/c1-20-14(21-6-7-24-11-4-2-10(16)3-5-11)22-8-13-23-12(9-25-13)15(17,18)19;/h2-5,9H,6-8H2,1H3,(H2,20,21,22);1H. The first-order valence-electron chi connectivity index (χ1n) is 7.23. The average molecular weight is 565 g/mol. The van der Waals surface area contributed by atoms with Crippen LogP contribution in [0.25, 0.3) is 0 Å². The average Bonchev–Trinajstić information content (AvgIpc) is 3.05. The SMILES string of the molecule is CN=C(NCCOc1ccc(Br)cc1)NCc1nc(C(F)(F)F)cs1.I. The van der Waals surface area contributed by atoms with Crippen LogP contribution in [-0.4, -0.2) is 31.1 Å². The third kappa shape index (κ3) is 7.66. The van der Waals surface area contributed by atoms with E-state index < -0.39 is 11.9 Å². The molecule has 0 amide bonds. The second kappa shape index (κ2) is 10.9. The van der Waals surface area contributed by atoms with Gasteiger partial charge in [0.25, 0.3) is 0 Å². The van der Waals surface area contributed by atoms with E-state index in [9.17, 15) is 13.2 Å². The molecule has 1 aromatic heterocycles. The number of thiazole rings is 1. The number of alkyl halides is 3. The molecular formula is C15H17BrF3IN4OS. The Morgan fingerprint density at radius 1 is 1.27 bits per heavy atom. The summed E-state index contributed by atoms with van der Waals surface area (Å²) in [6, 6.07) is 7.45. The van der Waals surface area contributed by atoms with Crippen molar-refractivity contribution in [1.82, 2.24) is 15.6 Å². The van der Waals surface area contributed by atoms with E-state index >= 15 is 0 Å². The topological polar surface area (TPSA) is 58.5 Å². The molecule has 11 heteroatoms. The summed E-state index contributed by atoms with van der Waals surface area (Å²) in [7, 11) is 1.58. The van der Waals surface area contributed by atoms with E-state index in [1.54, 1.807) is 7.05 Å². The van der Waals surface area contributed by atoms with E-state index in [0.29, 0.717) is 24.1 Å². The van der Waals surface area contributed by atoms with Gasteiger partial charge in [0.05, 0.1) is 13.1 Å². The fourth-order valence-corrected chi connectivity index (χ4v) is 2.78. The van der Waals surface area contributed by atoms with Gasteiger partial charge in [0.1, 0.15) is 17.4 Å². The van der Waals surface area contributed by atoms with E-state index in [1.165, 1.54) is 0 Å². The number of hydrogen-bond acceptors (Lipinski definition) is 4. The number of nitrogens with one attached hydrogen (secondary N) is 2. The van der Waals surface area contributed by atoms with Gasteiger partial charge >= 0.3 is 6.18 Å². The van der Waals surface area contributed by atoms with Crippen LogP contribution in [0.4, 0.5) is 13.2 Å². The van der Waals surface area contributed by atoms with Gasteiger partial charge in [-0.2, -0.15) is 13.2 Å². The minimum absolute atomic E-state index is 0. The summed E-state index contributed by atoms with van der Waals surface area (Å²) in [5.41, 5.74) is -0.875. The van der Waals surface area contributed by atoms with Crippen LogP contribution in [0.3, 0.4) is 0 Å². The van der Waals surface area contributed by atoms with Crippen molar-refractivity contribution in [3.8, 4) is 5.75 Å². The van der Waals surface area contributed by atoms with Crippen LogP contribution in [0, 0.1) is 0 Å². The van der Waals surface area contributed by atoms with Gasteiger partial charge in [-0.1, -0.05) is 15.9 Å². The summed E-state index contributed by atoms with van der Waals surface area (Å²) in [5.74, 6) is 1.21. The van der Waals surface area contributed by atoms with Crippen LogP contribution in [0.15, 0.2) is 39.1 Å². The molecule has 5 nitrogen and oxygen atoms in total. The van der Waals surface area contributed by atoms with Crippen LogP contribution in [-0.2, 0) is 12.7 Å². The molecule has 0 atom stereocenters. The molecule has 26 heavy (non-hydrogen) atoms. The second-order valence-corrected chi connectivity index (χ2v) is 6.64. The normalized spacial score (nSPS) is 11.7. The highest BCUT2D eigenvalue weighted by Gasteiger charge is 2.33. The maximum absolute atomic E-state index is 12.5. The molecule has 0 aliphatic heterocycles. The molecule has 0 fully saturated rings. The van der Waals surface area contributed by atoms with E-state index in [1.807, 2.05) is 24.3 Å². The predicted octanol–water partition coefficient (Wildman–Crippen LogP) is 4.29. The number of halogens is 5. The first-order valence-corrected chi connectivity index (χ1v) is 8.90. The van der Waals surface area contributed by atoms with Crippen LogP contribution >= 0.6 is 51.2 Å². The minimum atomic E-state index is -4.42. The quantitative estimate of drug-likeness (QED) is 0.238. The molecule has 2 rings (SSSR count). The first kappa shape index (κ1) is 23.0. The van der Waals surface area contributed by atoms with Crippen LogP contribution in [0.5, 0.6) is 5.75 Å². The molecule has 0 saturated heterocycles. The van der Waals surface area contributed by atoms with Crippen molar-refractivity contribution < 1.29 is 17.9 Å². The minimum Gasteiger partial charge on any atom is -0.492 e. The lowest BCUT2D eigenvalue weighted by molar-refractivity contribution is -0.140. The lowest BCUT2D eigenvalue weighted by Crippen LogP contribution is -2.38. The van der Waals surface area contributed by atoms with Gasteiger partial charge in [-0.05, 0) is 24.3 Å².